The number of carbonyl (C=O) groups is 6. The number of nitrogens with two attached hydrogens (primary N) is 2. The molecule has 6 atom stereocenters. The summed E-state index contributed by atoms with van der Waals surface area (Å²) in [7, 11) is 3.04. The zero-order valence-corrected chi connectivity index (χ0v) is 19.1. The molecule has 0 radical (unpaired) electrons. The fraction of sp³-hybridized carbons (Fsp3) is 0.478. The number of Topliss-reactive ketones (excluding diaryl/α,β-unsaturated/α-hetero) is 4. The van der Waals surface area contributed by atoms with Gasteiger partial charge >= 0.3 is 0 Å². The highest BCUT2D eigenvalue weighted by atomic mass is 16.3. The van der Waals surface area contributed by atoms with Crippen molar-refractivity contribution >= 4 is 40.6 Å². The predicted molar refractivity (Wildman–Crippen MR) is 119 cm³/mol. The van der Waals surface area contributed by atoms with Crippen LogP contribution in [0.3, 0.4) is 0 Å². The molecule has 0 aliphatic heterocycles. The first-order valence-corrected chi connectivity index (χ1v) is 11.1. The molecule has 2 fully saturated rings. The van der Waals surface area contributed by atoms with Gasteiger partial charge in [-0.2, -0.15) is 0 Å². The molecule has 2 saturated carbocycles. The van der Waals surface area contributed by atoms with Gasteiger partial charge in [0.1, 0.15) is 5.75 Å². The molecule has 2 amide bonds. The van der Waals surface area contributed by atoms with Crippen LogP contribution in [0.5, 0.6) is 5.75 Å². The summed E-state index contributed by atoms with van der Waals surface area (Å²) in [6.45, 7) is -0.364. The number of phenols is 1. The molecule has 35 heavy (non-hydrogen) atoms. The average Bonchev–Trinajstić information content (AvgIpc) is 2.77. The third kappa shape index (κ3) is 3.39. The first-order valence-electron chi connectivity index (χ1n) is 11.1. The van der Waals surface area contributed by atoms with Crippen LogP contribution in [-0.4, -0.2) is 82.3 Å². The van der Waals surface area contributed by atoms with Gasteiger partial charge < -0.3 is 27.0 Å². The number of hydrogen-bond donors (Lipinski definition) is 5. The molecule has 1 aromatic carbocycles. The highest BCUT2D eigenvalue weighted by Crippen LogP contribution is 2.51. The van der Waals surface area contributed by atoms with Crippen LogP contribution in [0.1, 0.15) is 22.3 Å². The van der Waals surface area contributed by atoms with Crippen molar-refractivity contribution in [3.63, 3.8) is 0 Å². The average molecular weight is 486 g/mol. The van der Waals surface area contributed by atoms with E-state index in [1.165, 1.54) is 31.1 Å². The number of hydrogen-bond acceptors (Lipinski definition) is 10. The van der Waals surface area contributed by atoms with Crippen molar-refractivity contribution in [3.8, 4) is 5.75 Å². The zero-order chi connectivity index (χ0) is 26.0. The van der Waals surface area contributed by atoms with E-state index in [4.69, 9.17) is 11.5 Å². The minimum Gasteiger partial charge on any atom is -0.505 e. The van der Waals surface area contributed by atoms with E-state index in [1.54, 1.807) is 0 Å². The van der Waals surface area contributed by atoms with E-state index >= 15 is 0 Å². The summed E-state index contributed by atoms with van der Waals surface area (Å²) in [6, 6.07) is 1.79. The molecule has 12 heteroatoms. The molecule has 0 saturated heterocycles. The number of anilines is 1. The molecule has 186 valence electrons. The van der Waals surface area contributed by atoms with E-state index in [0.717, 1.165) is 0 Å². The molecular formula is C23H26N4O8. The number of rotatable bonds is 4. The lowest BCUT2D eigenvalue weighted by Gasteiger charge is -2.52. The number of aliphatic hydroxyl groups is 1. The summed E-state index contributed by atoms with van der Waals surface area (Å²) in [6.07, 6.45) is 0.112. The van der Waals surface area contributed by atoms with Crippen LogP contribution < -0.4 is 16.8 Å². The monoisotopic (exact) mass is 486 g/mol. The van der Waals surface area contributed by atoms with Crippen LogP contribution in [0, 0.1) is 23.7 Å². The lowest BCUT2D eigenvalue weighted by Crippen LogP contribution is -2.74. The Morgan fingerprint density at radius 1 is 1.17 bits per heavy atom. The second-order valence-electron chi connectivity index (χ2n) is 9.54. The van der Waals surface area contributed by atoms with E-state index in [9.17, 15) is 39.0 Å². The van der Waals surface area contributed by atoms with Gasteiger partial charge in [0.2, 0.25) is 11.8 Å². The Kier molecular flexibility index (Phi) is 5.86. The van der Waals surface area contributed by atoms with Crippen molar-refractivity contribution in [1.29, 1.82) is 0 Å². The van der Waals surface area contributed by atoms with Crippen LogP contribution in [-0.2, 0) is 30.4 Å². The van der Waals surface area contributed by atoms with Gasteiger partial charge in [-0.3, -0.25) is 33.7 Å². The largest absolute Gasteiger partial charge is 0.505 e. The van der Waals surface area contributed by atoms with Crippen molar-refractivity contribution in [2.24, 2.45) is 35.1 Å². The Morgan fingerprint density at radius 3 is 2.40 bits per heavy atom. The maximum Gasteiger partial charge on any atom is 0.238 e. The number of carbonyl (C=O) groups excluding carboxylic acids is 6. The summed E-state index contributed by atoms with van der Waals surface area (Å²) in [5.41, 5.74) is 7.92. The van der Waals surface area contributed by atoms with Crippen LogP contribution >= 0.6 is 0 Å². The molecule has 3 aliphatic carbocycles. The molecule has 4 rings (SSSR count). The second kappa shape index (κ2) is 8.33. The maximum absolute atomic E-state index is 13.7. The fourth-order valence-electron chi connectivity index (χ4n) is 5.88. The van der Waals surface area contributed by atoms with Crippen LogP contribution in [0.15, 0.2) is 12.1 Å². The van der Waals surface area contributed by atoms with Crippen LogP contribution in [0.25, 0.3) is 0 Å². The van der Waals surface area contributed by atoms with Crippen molar-refractivity contribution in [1.82, 2.24) is 4.90 Å². The predicted octanol–water partition coefficient (Wildman–Crippen LogP) is -2.24. The van der Waals surface area contributed by atoms with E-state index < -0.39 is 76.0 Å². The van der Waals surface area contributed by atoms with Gasteiger partial charge in [0, 0.05) is 5.92 Å². The first-order chi connectivity index (χ1) is 16.4. The topological polar surface area (TPSA) is 210 Å². The van der Waals surface area contributed by atoms with Gasteiger partial charge in [-0.1, -0.05) is 6.07 Å². The number of likely N-dealkylation sites (N-methyl/N-ethyl adjacent to an activating group) is 1. The van der Waals surface area contributed by atoms with Gasteiger partial charge in [-0.25, -0.2) is 0 Å². The molecule has 0 heterocycles. The van der Waals surface area contributed by atoms with Gasteiger partial charge in [0.15, 0.2) is 34.7 Å². The number of ketones is 4. The number of amides is 2. The first kappa shape index (κ1) is 24.6. The summed E-state index contributed by atoms with van der Waals surface area (Å²) in [5, 5.41) is 24.6. The van der Waals surface area contributed by atoms with E-state index in [0.29, 0.717) is 5.56 Å². The third-order valence-electron chi connectivity index (χ3n) is 7.39. The number of phenolic OH excluding ortho intramolecular Hbond substituents is 1. The summed E-state index contributed by atoms with van der Waals surface area (Å²) in [4.78, 5) is 78.4. The van der Waals surface area contributed by atoms with Crippen LogP contribution in [0.2, 0.25) is 0 Å². The van der Waals surface area contributed by atoms with Gasteiger partial charge in [-0.15, -0.1) is 0 Å². The second-order valence-corrected chi connectivity index (χ2v) is 9.54. The highest BCUT2D eigenvalue weighted by molar-refractivity contribution is 6.32. The number of aromatic hydroxyl groups is 1. The standard InChI is InChI=1S/C23H26N4O8/c1-27(2)16-10-6-9-5-8-3-4-11(26-12(28)7-24)17(29)13(8)18(30)14(9)20(32)23(10,35)21(33)15(19(16)31)22(25)34/h3-4,9-10,14-16,29,35H,5-7,24H2,1-2H3,(H2,25,34)(H,26,28). The smallest absolute Gasteiger partial charge is 0.238 e. The van der Waals surface area contributed by atoms with Gasteiger partial charge in [-0.05, 0) is 44.5 Å². The number of nitrogens with zero attached hydrogens (tertiary/aromatic N) is 1. The maximum atomic E-state index is 13.7. The van der Waals surface area contributed by atoms with Crippen molar-refractivity contribution < 1.29 is 39.0 Å². The number of benzene rings is 1. The Labute approximate surface area is 199 Å². The van der Waals surface area contributed by atoms with Crippen LogP contribution in [0.4, 0.5) is 5.69 Å². The number of primary amides is 1. The molecule has 12 nitrogen and oxygen atoms in total. The molecule has 3 aliphatic rings. The highest BCUT2D eigenvalue weighted by Gasteiger charge is 2.69. The van der Waals surface area contributed by atoms with E-state index in [2.05, 4.69) is 5.32 Å². The molecule has 0 bridgehead atoms. The lowest BCUT2D eigenvalue weighted by molar-refractivity contribution is -0.181. The van der Waals surface area contributed by atoms with Gasteiger partial charge in [0.25, 0.3) is 0 Å². The summed E-state index contributed by atoms with van der Waals surface area (Å²) < 4.78 is 0. The summed E-state index contributed by atoms with van der Waals surface area (Å²) >= 11 is 0. The van der Waals surface area contributed by atoms with Crippen molar-refractivity contribution in [2.45, 2.75) is 24.5 Å². The fourth-order valence-corrected chi connectivity index (χ4v) is 5.88. The molecule has 6 unspecified atom stereocenters. The van der Waals surface area contributed by atoms with Crippen molar-refractivity contribution in [2.75, 3.05) is 26.0 Å². The number of nitrogens with one attached hydrogen (secondary N) is 1. The van der Waals surface area contributed by atoms with E-state index in [1.807, 2.05) is 0 Å². The van der Waals surface area contributed by atoms with Crippen molar-refractivity contribution in [3.05, 3.63) is 23.3 Å². The quantitative estimate of drug-likeness (QED) is 0.228. The lowest BCUT2D eigenvalue weighted by atomic mass is 9.52. The molecule has 1 aromatic rings. The zero-order valence-electron chi connectivity index (χ0n) is 19.1. The SMILES string of the molecule is CN(C)C1C(=O)C(C(N)=O)C(=O)C2(O)C(=O)C3C(=O)c4c(ccc(NC(=O)CN)c4O)CC3CC12. The normalized spacial score (nSPS) is 32.1. The Morgan fingerprint density at radius 2 is 1.83 bits per heavy atom. The third-order valence-corrected chi connectivity index (χ3v) is 7.39. The van der Waals surface area contributed by atoms with E-state index in [-0.39, 0.29) is 30.6 Å². The number of fused-ring (bicyclic) bond motifs is 3. The Bertz CT molecular complexity index is 1190. The molecular weight excluding hydrogens is 460 g/mol. The summed E-state index contributed by atoms with van der Waals surface area (Å²) in [5.74, 6) is -11.9. The minimum atomic E-state index is -2.78. The Hall–Kier alpha value is -3.48. The minimum absolute atomic E-state index is 0.0314. The Balaban J connectivity index is 1.82. The molecule has 0 spiro atoms. The van der Waals surface area contributed by atoms with Gasteiger partial charge in [0.05, 0.1) is 29.8 Å². The molecule has 7 N–H and O–H groups in total. The molecule has 0 aromatic heterocycles.